The summed E-state index contributed by atoms with van der Waals surface area (Å²) in [7, 11) is 0. The van der Waals surface area contributed by atoms with Crippen molar-refractivity contribution in [3.8, 4) is 33.8 Å². The van der Waals surface area contributed by atoms with E-state index in [-0.39, 0.29) is 0 Å². The Hall–Kier alpha value is -3.52. The summed E-state index contributed by atoms with van der Waals surface area (Å²) < 4.78 is 0. The van der Waals surface area contributed by atoms with Crippen LogP contribution in [0.3, 0.4) is 0 Å². The molecule has 2 N–H and O–H groups in total. The van der Waals surface area contributed by atoms with Gasteiger partial charge in [0.15, 0.2) is 0 Å². The Bertz CT molecular complexity index is 1120. The topological polar surface area (TPSA) is 40.5 Å². The molecule has 0 radical (unpaired) electrons. The van der Waals surface area contributed by atoms with Crippen LogP contribution >= 0.6 is 0 Å². The number of benzene rings is 4. The van der Waals surface area contributed by atoms with E-state index in [2.05, 4.69) is 36.4 Å². The predicted octanol–water partition coefficient (Wildman–Crippen LogP) is 7.68. The third-order valence-electron chi connectivity index (χ3n) is 6.92. The van der Waals surface area contributed by atoms with Crippen molar-refractivity contribution in [1.29, 1.82) is 0 Å². The van der Waals surface area contributed by atoms with E-state index in [1.165, 1.54) is 6.42 Å². The SMILES string of the molecule is Oc1cccc(-c2ccccc2)c1C1(c2c(O)cccc2-c2ccccc2)CCCCC1. The Balaban J connectivity index is 1.84. The van der Waals surface area contributed by atoms with Crippen LogP contribution in [0.5, 0.6) is 11.5 Å². The van der Waals surface area contributed by atoms with Crippen molar-refractivity contribution in [1.82, 2.24) is 0 Å². The van der Waals surface area contributed by atoms with E-state index >= 15 is 0 Å². The minimum atomic E-state index is -0.467. The first-order valence-corrected chi connectivity index (χ1v) is 11.5. The highest BCUT2D eigenvalue weighted by Gasteiger charge is 2.42. The normalized spacial score (nSPS) is 15.4. The number of hydrogen-bond donors (Lipinski definition) is 2. The van der Waals surface area contributed by atoms with E-state index in [0.29, 0.717) is 11.5 Å². The van der Waals surface area contributed by atoms with Gasteiger partial charge in [-0.2, -0.15) is 0 Å². The van der Waals surface area contributed by atoms with Crippen LogP contribution in [0.25, 0.3) is 22.3 Å². The molecule has 0 atom stereocenters. The van der Waals surface area contributed by atoms with E-state index in [0.717, 1.165) is 59.1 Å². The van der Waals surface area contributed by atoms with Gasteiger partial charge in [-0.25, -0.2) is 0 Å². The van der Waals surface area contributed by atoms with Crippen molar-refractivity contribution in [3.05, 3.63) is 108 Å². The number of hydrogen-bond acceptors (Lipinski definition) is 2. The Kier molecular flexibility index (Phi) is 5.45. The summed E-state index contributed by atoms with van der Waals surface area (Å²) in [5, 5.41) is 22.6. The Morgan fingerprint density at radius 1 is 0.469 bits per heavy atom. The zero-order chi connectivity index (χ0) is 22.0. The zero-order valence-electron chi connectivity index (χ0n) is 18.2. The van der Waals surface area contributed by atoms with Crippen molar-refractivity contribution >= 4 is 0 Å². The molecule has 4 aromatic carbocycles. The second kappa shape index (κ2) is 8.55. The molecular weight excluding hydrogens is 392 g/mol. The number of phenolic OH excluding ortho intramolecular Hbond substituents is 2. The molecule has 160 valence electrons. The van der Waals surface area contributed by atoms with E-state index in [1.807, 2.05) is 48.5 Å². The molecule has 0 heterocycles. The first kappa shape index (κ1) is 20.4. The molecule has 1 fully saturated rings. The van der Waals surface area contributed by atoms with Crippen molar-refractivity contribution in [2.75, 3.05) is 0 Å². The molecule has 4 aromatic rings. The second-order valence-electron chi connectivity index (χ2n) is 8.77. The fraction of sp³-hybridized carbons (Fsp3) is 0.200. The lowest BCUT2D eigenvalue weighted by molar-refractivity contribution is 0.323. The molecule has 0 spiro atoms. The van der Waals surface area contributed by atoms with Gasteiger partial charge in [-0.1, -0.05) is 104 Å². The average molecular weight is 421 g/mol. The molecule has 1 aliphatic carbocycles. The summed E-state index contributed by atoms with van der Waals surface area (Å²) in [5.41, 5.74) is 5.64. The van der Waals surface area contributed by atoms with Gasteiger partial charge in [-0.3, -0.25) is 0 Å². The monoisotopic (exact) mass is 420 g/mol. The quantitative estimate of drug-likeness (QED) is 0.355. The van der Waals surface area contributed by atoms with Crippen LogP contribution in [0.1, 0.15) is 43.2 Å². The van der Waals surface area contributed by atoms with Gasteiger partial charge < -0.3 is 10.2 Å². The molecule has 0 bridgehead atoms. The van der Waals surface area contributed by atoms with Gasteiger partial charge in [0.25, 0.3) is 0 Å². The number of rotatable bonds is 4. The third-order valence-corrected chi connectivity index (χ3v) is 6.92. The summed E-state index contributed by atoms with van der Waals surface area (Å²) in [6.07, 6.45) is 5.07. The zero-order valence-corrected chi connectivity index (χ0v) is 18.2. The minimum Gasteiger partial charge on any atom is -0.508 e. The summed E-state index contributed by atoms with van der Waals surface area (Å²) in [4.78, 5) is 0. The molecule has 1 saturated carbocycles. The van der Waals surface area contributed by atoms with E-state index < -0.39 is 5.41 Å². The van der Waals surface area contributed by atoms with Crippen LogP contribution in [-0.2, 0) is 5.41 Å². The van der Waals surface area contributed by atoms with Gasteiger partial charge in [0.2, 0.25) is 0 Å². The summed E-state index contributed by atoms with van der Waals surface area (Å²) in [5.74, 6) is 0.603. The first-order valence-electron chi connectivity index (χ1n) is 11.5. The average Bonchev–Trinajstić information content (AvgIpc) is 2.85. The molecule has 0 aromatic heterocycles. The largest absolute Gasteiger partial charge is 0.508 e. The van der Waals surface area contributed by atoms with Crippen molar-refractivity contribution < 1.29 is 10.2 Å². The molecule has 1 aliphatic rings. The highest BCUT2D eigenvalue weighted by Crippen LogP contribution is 2.55. The Morgan fingerprint density at radius 2 is 0.906 bits per heavy atom. The highest BCUT2D eigenvalue weighted by atomic mass is 16.3. The van der Waals surface area contributed by atoms with Gasteiger partial charge in [0.05, 0.1) is 0 Å². The maximum atomic E-state index is 11.3. The molecule has 2 heteroatoms. The molecule has 0 aliphatic heterocycles. The lowest BCUT2D eigenvalue weighted by Crippen LogP contribution is -2.32. The smallest absolute Gasteiger partial charge is 0.120 e. The van der Waals surface area contributed by atoms with Gasteiger partial charge in [-0.05, 0) is 47.2 Å². The van der Waals surface area contributed by atoms with Crippen LogP contribution in [0.15, 0.2) is 97.1 Å². The molecule has 0 saturated heterocycles. The van der Waals surface area contributed by atoms with Gasteiger partial charge in [0.1, 0.15) is 11.5 Å². The molecule has 32 heavy (non-hydrogen) atoms. The third kappa shape index (κ3) is 3.46. The van der Waals surface area contributed by atoms with Crippen LogP contribution in [0.2, 0.25) is 0 Å². The maximum Gasteiger partial charge on any atom is 0.120 e. The minimum absolute atomic E-state index is 0.301. The lowest BCUT2D eigenvalue weighted by Gasteiger charge is -2.41. The van der Waals surface area contributed by atoms with Crippen molar-refractivity contribution in [2.45, 2.75) is 37.5 Å². The fourth-order valence-corrected chi connectivity index (χ4v) is 5.58. The van der Waals surface area contributed by atoms with Crippen molar-refractivity contribution in [2.24, 2.45) is 0 Å². The van der Waals surface area contributed by atoms with Crippen molar-refractivity contribution in [3.63, 3.8) is 0 Å². The standard InChI is InChI=1S/C30H28O2/c31-26-18-10-16-24(22-12-4-1-5-13-22)28(26)30(20-8-3-9-21-30)29-25(17-11-19-27(29)32)23-14-6-2-7-15-23/h1-2,4-7,10-19,31-32H,3,8-9,20-21H2. The van der Waals surface area contributed by atoms with E-state index in [1.54, 1.807) is 12.1 Å². The van der Waals surface area contributed by atoms with E-state index in [4.69, 9.17) is 0 Å². The molecule has 0 amide bonds. The molecule has 2 nitrogen and oxygen atoms in total. The van der Waals surface area contributed by atoms with Crippen LogP contribution < -0.4 is 0 Å². The predicted molar refractivity (Wildman–Crippen MR) is 131 cm³/mol. The van der Waals surface area contributed by atoms with Crippen LogP contribution in [0, 0.1) is 0 Å². The van der Waals surface area contributed by atoms with Gasteiger partial charge >= 0.3 is 0 Å². The van der Waals surface area contributed by atoms with Gasteiger partial charge in [0, 0.05) is 16.5 Å². The number of phenols is 2. The second-order valence-corrected chi connectivity index (χ2v) is 8.77. The molecule has 5 rings (SSSR count). The maximum absolute atomic E-state index is 11.3. The fourth-order valence-electron chi connectivity index (χ4n) is 5.58. The summed E-state index contributed by atoms with van der Waals surface area (Å²) >= 11 is 0. The van der Waals surface area contributed by atoms with Crippen LogP contribution in [-0.4, -0.2) is 10.2 Å². The summed E-state index contributed by atoms with van der Waals surface area (Å²) in [6, 6.07) is 32.2. The first-order chi connectivity index (χ1) is 15.7. The Morgan fingerprint density at radius 3 is 1.34 bits per heavy atom. The lowest BCUT2D eigenvalue weighted by atomic mass is 9.61. The Labute approximate surface area is 189 Å². The summed E-state index contributed by atoms with van der Waals surface area (Å²) in [6.45, 7) is 0. The van der Waals surface area contributed by atoms with E-state index in [9.17, 15) is 10.2 Å². The van der Waals surface area contributed by atoms with Gasteiger partial charge in [-0.15, -0.1) is 0 Å². The van der Waals surface area contributed by atoms with Crippen LogP contribution in [0.4, 0.5) is 0 Å². The number of aromatic hydroxyl groups is 2. The molecule has 0 unspecified atom stereocenters. The highest BCUT2D eigenvalue weighted by molar-refractivity contribution is 5.78. The molecular formula is C30H28O2.